The average Bonchev–Trinajstić information content (AvgIpc) is 2.36. The van der Waals surface area contributed by atoms with E-state index < -0.39 is 0 Å². The summed E-state index contributed by atoms with van der Waals surface area (Å²) in [7, 11) is 2.10. The van der Waals surface area contributed by atoms with Crippen molar-refractivity contribution in [3.8, 4) is 0 Å². The molecule has 1 aromatic rings. The van der Waals surface area contributed by atoms with Crippen molar-refractivity contribution in [1.29, 1.82) is 0 Å². The quantitative estimate of drug-likeness (QED) is 0.888. The number of nitrogens with zero attached hydrogens (tertiary/aromatic N) is 1. The van der Waals surface area contributed by atoms with Gasteiger partial charge in [0.15, 0.2) is 0 Å². The minimum Gasteiger partial charge on any atom is -0.349 e. The molecule has 1 N–H and O–H groups in total. The standard InChI is InChI=1S/C15H21FN2O/c1-10-8-12(4-5-13(10)16)15(19)17-14-6-7-18(3)9-11(14)2/h4-5,8,11,14H,6-7,9H2,1-3H3,(H,17,19). The van der Waals surface area contributed by atoms with Gasteiger partial charge in [0.25, 0.3) is 5.91 Å². The molecule has 1 saturated heterocycles. The zero-order chi connectivity index (χ0) is 14.0. The number of aryl methyl sites for hydroxylation is 1. The summed E-state index contributed by atoms with van der Waals surface area (Å²) in [6.07, 6.45) is 0.962. The van der Waals surface area contributed by atoms with Crippen LogP contribution < -0.4 is 5.32 Å². The summed E-state index contributed by atoms with van der Waals surface area (Å²) in [5.74, 6) is 0.0537. The van der Waals surface area contributed by atoms with E-state index in [0.29, 0.717) is 17.0 Å². The lowest BCUT2D eigenvalue weighted by Gasteiger charge is -2.35. The number of likely N-dealkylation sites (tertiary alicyclic amines) is 1. The summed E-state index contributed by atoms with van der Waals surface area (Å²) in [5, 5.41) is 3.06. The lowest BCUT2D eigenvalue weighted by molar-refractivity contribution is 0.0883. The van der Waals surface area contributed by atoms with E-state index in [1.165, 1.54) is 12.1 Å². The zero-order valence-corrected chi connectivity index (χ0v) is 11.7. The maximum Gasteiger partial charge on any atom is 0.251 e. The molecule has 0 spiro atoms. The lowest BCUT2D eigenvalue weighted by Crippen LogP contribution is -2.48. The number of piperidine rings is 1. The van der Waals surface area contributed by atoms with Gasteiger partial charge in [0.1, 0.15) is 5.82 Å². The first kappa shape index (κ1) is 14.0. The summed E-state index contributed by atoms with van der Waals surface area (Å²) >= 11 is 0. The molecule has 104 valence electrons. The molecule has 1 amide bonds. The Morgan fingerprint density at radius 1 is 1.47 bits per heavy atom. The molecular weight excluding hydrogens is 243 g/mol. The Morgan fingerprint density at radius 2 is 2.21 bits per heavy atom. The molecule has 0 aromatic heterocycles. The molecule has 1 aliphatic heterocycles. The van der Waals surface area contributed by atoms with E-state index in [0.717, 1.165) is 19.5 Å². The second-order valence-electron chi connectivity index (χ2n) is 5.57. The van der Waals surface area contributed by atoms with E-state index >= 15 is 0 Å². The van der Waals surface area contributed by atoms with Crippen molar-refractivity contribution in [2.24, 2.45) is 5.92 Å². The van der Waals surface area contributed by atoms with E-state index in [1.807, 2.05) is 0 Å². The van der Waals surface area contributed by atoms with Crippen LogP contribution in [0, 0.1) is 18.7 Å². The Morgan fingerprint density at radius 3 is 2.84 bits per heavy atom. The Bertz CT molecular complexity index is 475. The number of hydrogen-bond donors (Lipinski definition) is 1. The molecule has 2 rings (SSSR count). The van der Waals surface area contributed by atoms with Crippen LogP contribution in [0.25, 0.3) is 0 Å². The van der Waals surface area contributed by atoms with Gasteiger partial charge in [-0.05, 0) is 56.6 Å². The highest BCUT2D eigenvalue weighted by Gasteiger charge is 2.25. The van der Waals surface area contributed by atoms with Crippen molar-refractivity contribution in [3.63, 3.8) is 0 Å². The van der Waals surface area contributed by atoms with Gasteiger partial charge in [0.05, 0.1) is 0 Å². The Balaban J connectivity index is 2.02. The van der Waals surface area contributed by atoms with Crippen molar-refractivity contribution < 1.29 is 9.18 Å². The van der Waals surface area contributed by atoms with Crippen LogP contribution in [-0.4, -0.2) is 37.0 Å². The Kier molecular flexibility index (Phi) is 4.20. The normalized spacial score (nSPS) is 24.2. The number of benzene rings is 1. The van der Waals surface area contributed by atoms with Crippen LogP contribution in [0.1, 0.15) is 29.3 Å². The predicted octanol–water partition coefficient (Wildman–Crippen LogP) is 2.20. The fraction of sp³-hybridized carbons (Fsp3) is 0.533. The van der Waals surface area contributed by atoms with Gasteiger partial charge in [-0.3, -0.25) is 4.79 Å². The van der Waals surface area contributed by atoms with E-state index in [4.69, 9.17) is 0 Å². The minimum absolute atomic E-state index is 0.107. The highest BCUT2D eigenvalue weighted by molar-refractivity contribution is 5.94. The van der Waals surface area contributed by atoms with Gasteiger partial charge in [-0.1, -0.05) is 6.92 Å². The third-order valence-electron chi connectivity index (χ3n) is 3.84. The number of carbonyl (C=O) groups is 1. The van der Waals surface area contributed by atoms with Crippen LogP contribution in [0.15, 0.2) is 18.2 Å². The van der Waals surface area contributed by atoms with Gasteiger partial charge < -0.3 is 10.2 Å². The predicted molar refractivity (Wildman–Crippen MR) is 73.7 cm³/mol. The molecule has 4 heteroatoms. The van der Waals surface area contributed by atoms with Crippen LogP contribution in [-0.2, 0) is 0 Å². The SMILES string of the molecule is Cc1cc(C(=O)NC2CCN(C)CC2C)ccc1F. The summed E-state index contributed by atoms with van der Waals surface area (Å²) in [6.45, 7) is 5.81. The van der Waals surface area contributed by atoms with Gasteiger partial charge in [-0.2, -0.15) is 0 Å². The highest BCUT2D eigenvalue weighted by atomic mass is 19.1. The molecule has 0 saturated carbocycles. The van der Waals surface area contributed by atoms with E-state index in [9.17, 15) is 9.18 Å². The molecule has 0 bridgehead atoms. The maximum absolute atomic E-state index is 13.2. The van der Waals surface area contributed by atoms with E-state index in [1.54, 1.807) is 13.0 Å². The number of carbonyl (C=O) groups excluding carboxylic acids is 1. The lowest BCUT2D eigenvalue weighted by atomic mass is 9.94. The van der Waals surface area contributed by atoms with Gasteiger partial charge in [0.2, 0.25) is 0 Å². The molecule has 0 radical (unpaired) electrons. The molecular formula is C15H21FN2O. The van der Waals surface area contributed by atoms with Crippen molar-refractivity contribution in [1.82, 2.24) is 10.2 Å². The fourth-order valence-corrected chi connectivity index (χ4v) is 2.61. The molecule has 1 fully saturated rings. The molecule has 2 atom stereocenters. The van der Waals surface area contributed by atoms with Gasteiger partial charge >= 0.3 is 0 Å². The first-order valence-electron chi connectivity index (χ1n) is 6.73. The number of rotatable bonds is 2. The van der Waals surface area contributed by atoms with Crippen LogP contribution in [0.5, 0.6) is 0 Å². The highest BCUT2D eigenvalue weighted by Crippen LogP contribution is 2.16. The van der Waals surface area contributed by atoms with Crippen LogP contribution in [0.2, 0.25) is 0 Å². The van der Waals surface area contributed by atoms with Gasteiger partial charge in [0, 0.05) is 18.2 Å². The molecule has 1 aliphatic rings. The number of amides is 1. The molecule has 3 nitrogen and oxygen atoms in total. The topological polar surface area (TPSA) is 32.3 Å². The van der Waals surface area contributed by atoms with Gasteiger partial charge in [-0.15, -0.1) is 0 Å². The Hall–Kier alpha value is -1.42. The molecule has 1 aromatic carbocycles. The summed E-state index contributed by atoms with van der Waals surface area (Å²) in [4.78, 5) is 14.4. The minimum atomic E-state index is -0.274. The number of halogens is 1. The van der Waals surface area contributed by atoms with E-state index in [2.05, 4.69) is 24.2 Å². The first-order valence-corrected chi connectivity index (χ1v) is 6.73. The van der Waals surface area contributed by atoms with Gasteiger partial charge in [-0.25, -0.2) is 4.39 Å². The van der Waals surface area contributed by atoms with Crippen LogP contribution in [0.3, 0.4) is 0 Å². The van der Waals surface area contributed by atoms with Crippen molar-refractivity contribution in [2.45, 2.75) is 26.3 Å². The van der Waals surface area contributed by atoms with Crippen molar-refractivity contribution in [2.75, 3.05) is 20.1 Å². The van der Waals surface area contributed by atoms with Crippen molar-refractivity contribution in [3.05, 3.63) is 35.1 Å². The monoisotopic (exact) mass is 264 g/mol. The van der Waals surface area contributed by atoms with E-state index in [-0.39, 0.29) is 17.8 Å². The average molecular weight is 264 g/mol. The smallest absolute Gasteiger partial charge is 0.251 e. The molecule has 19 heavy (non-hydrogen) atoms. The fourth-order valence-electron chi connectivity index (χ4n) is 2.61. The largest absolute Gasteiger partial charge is 0.349 e. The van der Waals surface area contributed by atoms with Crippen LogP contribution >= 0.6 is 0 Å². The third kappa shape index (κ3) is 3.32. The molecule has 1 heterocycles. The van der Waals surface area contributed by atoms with Crippen molar-refractivity contribution >= 4 is 5.91 Å². The van der Waals surface area contributed by atoms with Crippen LogP contribution in [0.4, 0.5) is 4.39 Å². The second kappa shape index (κ2) is 5.70. The summed E-state index contributed by atoms with van der Waals surface area (Å²) in [6, 6.07) is 4.69. The second-order valence-corrected chi connectivity index (χ2v) is 5.57. The zero-order valence-electron chi connectivity index (χ0n) is 11.7. The molecule has 2 unspecified atom stereocenters. The number of hydrogen-bond acceptors (Lipinski definition) is 2. The molecule has 0 aliphatic carbocycles. The maximum atomic E-state index is 13.2. The summed E-state index contributed by atoms with van der Waals surface area (Å²) < 4.78 is 13.2. The first-order chi connectivity index (χ1) is 8.97. The third-order valence-corrected chi connectivity index (χ3v) is 3.84. The number of nitrogens with one attached hydrogen (secondary N) is 1. The Labute approximate surface area is 113 Å². The summed E-state index contributed by atoms with van der Waals surface area (Å²) in [5.41, 5.74) is 1.04.